The van der Waals surface area contributed by atoms with Crippen LogP contribution in [0, 0.1) is 11.8 Å². The summed E-state index contributed by atoms with van der Waals surface area (Å²) in [6.07, 6.45) is 6.21. The van der Waals surface area contributed by atoms with Gasteiger partial charge in [0.15, 0.2) is 0 Å². The van der Waals surface area contributed by atoms with Gasteiger partial charge in [-0.1, -0.05) is 6.08 Å². The van der Waals surface area contributed by atoms with Crippen molar-refractivity contribution in [3.8, 4) is 0 Å². The molecule has 1 N–H and O–H groups in total. The van der Waals surface area contributed by atoms with Gasteiger partial charge in [0.2, 0.25) is 11.8 Å². The van der Waals surface area contributed by atoms with Crippen molar-refractivity contribution >= 4 is 23.9 Å². The Kier molecular flexibility index (Phi) is 11.0. The van der Waals surface area contributed by atoms with Crippen LogP contribution in [0.5, 0.6) is 0 Å². The Morgan fingerprint density at radius 1 is 1.03 bits per heavy atom. The third-order valence-corrected chi connectivity index (χ3v) is 6.16. The highest BCUT2D eigenvalue weighted by atomic mass is 16.6. The molecule has 0 saturated carbocycles. The number of allylic oxidation sites excluding steroid dienone is 1. The number of ether oxygens (including phenoxy) is 3. The van der Waals surface area contributed by atoms with Crippen LogP contribution in [0.1, 0.15) is 52.9 Å². The molecule has 0 aliphatic carbocycles. The van der Waals surface area contributed by atoms with Gasteiger partial charge in [0.05, 0.1) is 32.1 Å². The first-order valence-corrected chi connectivity index (χ1v) is 12.3. The lowest BCUT2D eigenvalue weighted by Crippen LogP contribution is -2.48. The van der Waals surface area contributed by atoms with Crippen molar-refractivity contribution in [2.45, 2.75) is 64.5 Å². The number of piperidine rings is 2. The fourth-order valence-corrected chi connectivity index (χ4v) is 4.27. The highest BCUT2D eigenvalue weighted by Gasteiger charge is 2.30. The molecule has 2 saturated heterocycles. The van der Waals surface area contributed by atoms with Gasteiger partial charge in [-0.2, -0.15) is 0 Å². The molecule has 198 valence electrons. The summed E-state index contributed by atoms with van der Waals surface area (Å²) in [4.78, 5) is 52.8. The van der Waals surface area contributed by atoms with E-state index in [1.54, 1.807) is 15.9 Å². The first-order valence-electron chi connectivity index (χ1n) is 12.3. The fourth-order valence-electron chi connectivity index (χ4n) is 4.27. The highest BCUT2D eigenvalue weighted by molar-refractivity contribution is 5.88. The largest absolute Gasteiger partial charge is 0.469 e. The Hall–Kier alpha value is -2.62. The van der Waals surface area contributed by atoms with Crippen LogP contribution in [0.3, 0.4) is 0 Å². The first kappa shape index (κ1) is 28.6. The van der Waals surface area contributed by atoms with Crippen LogP contribution in [0.15, 0.2) is 12.2 Å². The zero-order valence-electron chi connectivity index (χ0n) is 21.7. The predicted molar refractivity (Wildman–Crippen MR) is 129 cm³/mol. The van der Waals surface area contributed by atoms with E-state index in [2.05, 4.69) is 10.1 Å². The second-order valence-electron chi connectivity index (χ2n) is 10.2. The molecule has 0 aromatic rings. The number of esters is 1. The first-order chi connectivity index (χ1) is 16.5. The van der Waals surface area contributed by atoms with Gasteiger partial charge in [-0.3, -0.25) is 14.4 Å². The zero-order valence-corrected chi connectivity index (χ0v) is 21.7. The average Bonchev–Trinajstić information content (AvgIpc) is 2.81. The second-order valence-corrected chi connectivity index (χ2v) is 10.2. The Morgan fingerprint density at radius 3 is 2.31 bits per heavy atom. The summed E-state index contributed by atoms with van der Waals surface area (Å²) >= 11 is 0. The van der Waals surface area contributed by atoms with Crippen molar-refractivity contribution in [1.29, 1.82) is 0 Å². The van der Waals surface area contributed by atoms with Crippen LogP contribution in [0.2, 0.25) is 0 Å². The standard InChI is InChI=1S/C25H41N3O7/c1-25(2,3)35-24(32)27-13-10-18(11-14-27)8-9-21(29)28-12-6-7-19(16-28)23(31)26-20(17-33-4)15-22(30)34-5/h8-9,18-20H,6-7,10-17H2,1-5H3,(H,26,31)/b9-8+/t19-,20+/m1/s1. The molecule has 0 aromatic heterocycles. The molecule has 35 heavy (non-hydrogen) atoms. The molecule has 0 unspecified atom stereocenters. The number of nitrogens with one attached hydrogen (secondary N) is 1. The molecule has 10 nitrogen and oxygen atoms in total. The predicted octanol–water partition coefficient (Wildman–Crippen LogP) is 2.12. The lowest BCUT2D eigenvalue weighted by atomic mass is 9.95. The summed E-state index contributed by atoms with van der Waals surface area (Å²) in [5, 5.41) is 2.86. The van der Waals surface area contributed by atoms with Crippen LogP contribution in [0.4, 0.5) is 4.79 Å². The minimum absolute atomic E-state index is 0.0287. The molecule has 0 aromatic carbocycles. The minimum Gasteiger partial charge on any atom is -0.469 e. The number of nitrogens with zero attached hydrogens (tertiary/aromatic N) is 2. The Balaban J connectivity index is 1.82. The van der Waals surface area contributed by atoms with Gasteiger partial charge < -0.3 is 29.3 Å². The van der Waals surface area contributed by atoms with Gasteiger partial charge in [0, 0.05) is 33.3 Å². The molecule has 0 spiro atoms. The van der Waals surface area contributed by atoms with Gasteiger partial charge in [-0.15, -0.1) is 0 Å². The van der Waals surface area contributed by atoms with Gasteiger partial charge in [0.25, 0.3) is 0 Å². The van der Waals surface area contributed by atoms with Crippen molar-refractivity contribution in [2.24, 2.45) is 11.8 Å². The van der Waals surface area contributed by atoms with Gasteiger partial charge in [-0.05, 0) is 58.4 Å². The lowest BCUT2D eigenvalue weighted by Gasteiger charge is -2.33. The van der Waals surface area contributed by atoms with Gasteiger partial charge in [0.1, 0.15) is 5.60 Å². The maximum absolute atomic E-state index is 12.8. The molecule has 10 heteroatoms. The number of amides is 3. The summed E-state index contributed by atoms with van der Waals surface area (Å²) in [7, 11) is 2.81. The molecular formula is C25H41N3O7. The monoisotopic (exact) mass is 495 g/mol. The van der Waals surface area contributed by atoms with Crippen LogP contribution in [0.25, 0.3) is 0 Å². The number of methoxy groups -OCH3 is 2. The molecule has 0 radical (unpaired) electrons. The van der Waals surface area contributed by atoms with Crippen molar-refractivity contribution in [3.63, 3.8) is 0 Å². The third kappa shape index (κ3) is 9.87. The van der Waals surface area contributed by atoms with Crippen LogP contribution < -0.4 is 5.32 Å². The molecular weight excluding hydrogens is 454 g/mol. The van der Waals surface area contributed by atoms with Crippen LogP contribution in [-0.2, 0) is 28.6 Å². The van der Waals surface area contributed by atoms with E-state index in [0.717, 1.165) is 19.3 Å². The molecule has 3 amide bonds. The molecule has 2 aliphatic rings. The van der Waals surface area contributed by atoms with E-state index in [4.69, 9.17) is 9.47 Å². The third-order valence-electron chi connectivity index (χ3n) is 6.16. The minimum atomic E-state index is -0.518. The topological polar surface area (TPSA) is 114 Å². The number of carbonyl (C=O) groups excluding carboxylic acids is 4. The summed E-state index contributed by atoms with van der Waals surface area (Å²) in [6, 6.07) is -0.475. The summed E-state index contributed by atoms with van der Waals surface area (Å²) < 4.78 is 15.2. The van der Waals surface area contributed by atoms with E-state index in [9.17, 15) is 19.2 Å². The Labute approximate surface area is 208 Å². The van der Waals surface area contributed by atoms with E-state index >= 15 is 0 Å². The maximum Gasteiger partial charge on any atom is 0.410 e. The molecule has 2 heterocycles. The fraction of sp³-hybridized carbons (Fsp3) is 0.760. The van der Waals surface area contributed by atoms with Gasteiger partial charge in [-0.25, -0.2) is 4.79 Å². The zero-order chi connectivity index (χ0) is 26.0. The van der Waals surface area contributed by atoms with Crippen molar-refractivity contribution in [3.05, 3.63) is 12.2 Å². The Bertz CT molecular complexity index is 770. The lowest BCUT2D eigenvalue weighted by molar-refractivity contribution is -0.141. The summed E-state index contributed by atoms with van der Waals surface area (Å²) in [6.45, 7) is 7.88. The highest BCUT2D eigenvalue weighted by Crippen LogP contribution is 2.22. The molecule has 0 bridgehead atoms. The van der Waals surface area contributed by atoms with E-state index in [0.29, 0.717) is 32.6 Å². The van der Waals surface area contributed by atoms with E-state index in [1.165, 1.54) is 14.2 Å². The molecule has 2 rings (SSSR count). The van der Waals surface area contributed by atoms with Crippen LogP contribution >= 0.6 is 0 Å². The van der Waals surface area contributed by atoms with Crippen molar-refractivity contribution in [2.75, 3.05) is 47.0 Å². The van der Waals surface area contributed by atoms with E-state index in [1.807, 2.05) is 26.8 Å². The Morgan fingerprint density at radius 2 is 1.71 bits per heavy atom. The number of hydrogen-bond donors (Lipinski definition) is 1. The number of likely N-dealkylation sites (tertiary alicyclic amines) is 2. The molecule has 2 aliphatic heterocycles. The number of hydrogen-bond acceptors (Lipinski definition) is 7. The van der Waals surface area contributed by atoms with E-state index in [-0.39, 0.29) is 42.8 Å². The summed E-state index contributed by atoms with van der Waals surface area (Å²) in [5.41, 5.74) is -0.518. The number of carbonyl (C=O) groups is 4. The molecule has 2 fully saturated rings. The smallest absolute Gasteiger partial charge is 0.410 e. The quantitative estimate of drug-likeness (QED) is 0.405. The normalized spacial score (nSPS) is 20.4. The number of rotatable bonds is 8. The molecule has 2 atom stereocenters. The summed E-state index contributed by atoms with van der Waals surface area (Å²) in [5.74, 6) is -0.841. The van der Waals surface area contributed by atoms with Crippen molar-refractivity contribution < 1.29 is 33.4 Å². The maximum atomic E-state index is 12.8. The second kappa shape index (κ2) is 13.5. The SMILES string of the molecule is COC[C@H](CC(=O)OC)NC(=O)[C@@H]1CCCN(C(=O)/C=C/C2CCN(C(=O)OC(C)(C)C)CC2)C1. The van der Waals surface area contributed by atoms with E-state index < -0.39 is 17.6 Å². The van der Waals surface area contributed by atoms with Gasteiger partial charge >= 0.3 is 12.1 Å². The van der Waals surface area contributed by atoms with Crippen LogP contribution in [-0.4, -0.2) is 92.3 Å². The average molecular weight is 496 g/mol. The van der Waals surface area contributed by atoms with Crippen molar-refractivity contribution in [1.82, 2.24) is 15.1 Å².